The molecule has 1 amide bonds. The van der Waals surface area contributed by atoms with E-state index in [-0.39, 0.29) is 11.9 Å². The molecule has 1 rings (SSSR count). The van der Waals surface area contributed by atoms with Crippen LogP contribution in [0.2, 0.25) is 0 Å². The molecule has 1 aromatic heterocycles. The summed E-state index contributed by atoms with van der Waals surface area (Å²) in [5, 5.41) is 3.03. The van der Waals surface area contributed by atoms with Gasteiger partial charge >= 0.3 is 0 Å². The highest BCUT2D eigenvalue weighted by atomic mass is 16.1. The Morgan fingerprint density at radius 3 is 2.08 bits per heavy atom. The molecule has 1 aromatic rings. The van der Waals surface area contributed by atoms with Gasteiger partial charge in [-0.1, -0.05) is 77.2 Å². The Hall–Kier alpha value is -1.38. The fourth-order valence-electron chi connectivity index (χ4n) is 2.97. The number of hydrogen-bond acceptors (Lipinski definition) is 2. The summed E-state index contributed by atoms with van der Waals surface area (Å²) in [7, 11) is 0. The summed E-state index contributed by atoms with van der Waals surface area (Å²) >= 11 is 0. The van der Waals surface area contributed by atoms with Crippen LogP contribution in [-0.4, -0.2) is 10.9 Å². The number of nitrogens with zero attached hydrogens (tertiary/aromatic N) is 1. The minimum Gasteiger partial charge on any atom is -0.348 e. The van der Waals surface area contributed by atoms with Crippen LogP contribution in [0, 0.1) is 0 Å². The minimum atomic E-state index is -0.00796. The number of hydrogen-bond donors (Lipinski definition) is 1. The average Bonchev–Trinajstić information content (AvgIpc) is 2.60. The van der Waals surface area contributed by atoms with Gasteiger partial charge in [0.25, 0.3) is 0 Å². The van der Waals surface area contributed by atoms with E-state index >= 15 is 0 Å². The van der Waals surface area contributed by atoms with Crippen LogP contribution in [0.25, 0.3) is 0 Å². The maximum absolute atomic E-state index is 11.9. The van der Waals surface area contributed by atoms with E-state index in [1.807, 2.05) is 25.1 Å². The SMILES string of the molecule is CCCCCCCCCCCCCC(=O)NC(C)c1ccccn1. The van der Waals surface area contributed by atoms with Crippen LogP contribution in [0.1, 0.15) is 103 Å². The number of amides is 1. The van der Waals surface area contributed by atoms with Crippen molar-refractivity contribution in [1.82, 2.24) is 10.3 Å². The molecule has 1 N–H and O–H groups in total. The molecule has 0 spiro atoms. The molecule has 24 heavy (non-hydrogen) atoms. The zero-order valence-electron chi connectivity index (χ0n) is 15.7. The van der Waals surface area contributed by atoms with Crippen molar-refractivity contribution in [3.05, 3.63) is 30.1 Å². The van der Waals surface area contributed by atoms with Gasteiger partial charge in [-0.15, -0.1) is 0 Å². The highest BCUT2D eigenvalue weighted by Gasteiger charge is 2.09. The quantitative estimate of drug-likeness (QED) is 0.427. The minimum absolute atomic E-state index is 0.00796. The van der Waals surface area contributed by atoms with E-state index in [2.05, 4.69) is 17.2 Å². The maximum Gasteiger partial charge on any atom is 0.220 e. The standard InChI is InChI=1S/C21H36N2O/c1-3-4-5-6-7-8-9-10-11-12-13-17-21(24)23-19(2)20-16-14-15-18-22-20/h14-16,18-19H,3-13,17H2,1-2H3,(H,23,24). The topological polar surface area (TPSA) is 42.0 Å². The predicted molar refractivity (Wildman–Crippen MR) is 102 cm³/mol. The van der Waals surface area contributed by atoms with Crippen LogP contribution < -0.4 is 5.32 Å². The van der Waals surface area contributed by atoms with Crippen molar-refractivity contribution >= 4 is 5.91 Å². The van der Waals surface area contributed by atoms with E-state index in [1.165, 1.54) is 64.2 Å². The van der Waals surface area contributed by atoms with Crippen LogP contribution in [0.3, 0.4) is 0 Å². The predicted octanol–water partition coefficient (Wildman–Crippen LogP) is 5.96. The smallest absolute Gasteiger partial charge is 0.220 e. The number of rotatable bonds is 14. The third kappa shape index (κ3) is 10.4. The van der Waals surface area contributed by atoms with Crippen LogP contribution in [0.4, 0.5) is 0 Å². The van der Waals surface area contributed by atoms with E-state index in [4.69, 9.17) is 0 Å². The van der Waals surface area contributed by atoms with Gasteiger partial charge in [-0.3, -0.25) is 9.78 Å². The number of pyridine rings is 1. The molecular formula is C21H36N2O. The van der Waals surface area contributed by atoms with Gasteiger partial charge < -0.3 is 5.32 Å². The summed E-state index contributed by atoms with van der Waals surface area (Å²) in [5.41, 5.74) is 0.921. The monoisotopic (exact) mass is 332 g/mol. The first-order valence-corrected chi connectivity index (χ1v) is 9.94. The molecule has 0 fully saturated rings. The Labute approximate surface area is 148 Å². The molecule has 0 aliphatic rings. The lowest BCUT2D eigenvalue weighted by Gasteiger charge is -2.13. The number of carbonyl (C=O) groups is 1. The first-order chi connectivity index (χ1) is 11.7. The van der Waals surface area contributed by atoms with Crippen molar-refractivity contribution in [2.24, 2.45) is 0 Å². The Morgan fingerprint density at radius 1 is 0.958 bits per heavy atom. The highest BCUT2D eigenvalue weighted by Crippen LogP contribution is 2.12. The number of carbonyl (C=O) groups excluding carboxylic acids is 1. The third-order valence-corrected chi connectivity index (χ3v) is 4.52. The fourth-order valence-corrected chi connectivity index (χ4v) is 2.97. The molecule has 3 nitrogen and oxygen atoms in total. The van der Waals surface area contributed by atoms with Gasteiger partial charge in [-0.05, 0) is 25.5 Å². The number of unbranched alkanes of at least 4 members (excludes halogenated alkanes) is 10. The van der Waals surface area contributed by atoms with E-state index in [0.717, 1.165) is 12.1 Å². The second-order valence-electron chi connectivity index (χ2n) is 6.83. The molecule has 0 saturated heterocycles. The average molecular weight is 333 g/mol. The van der Waals surface area contributed by atoms with Gasteiger partial charge in [0.05, 0.1) is 11.7 Å². The zero-order valence-corrected chi connectivity index (χ0v) is 15.7. The summed E-state index contributed by atoms with van der Waals surface area (Å²) < 4.78 is 0. The lowest BCUT2D eigenvalue weighted by Crippen LogP contribution is -2.26. The van der Waals surface area contributed by atoms with Crippen molar-refractivity contribution in [3.63, 3.8) is 0 Å². The van der Waals surface area contributed by atoms with Gasteiger partial charge in [-0.25, -0.2) is 0 Å². The second kappa shape index (κ2) is 14.0. The fraction of sp³-hybridized carbons (Fsp3) is 0.714. The number of aromatic nitrogens is 1. The molecule has 136 valence electrons. The van der Waals surface area contributed by atoms with Gasteiger partial charge in [0.1, 0.15) is 0 Å². The van der Waals surface area contributed by atoms with Gasteiger partial charge in [0.2, 0.25) is 5.91 Å². The highest BCUT2D eigenvalue weighted by molar-refractivity contribution is 5.76. The summed E-state index contributed by atoms with van der Waals surface area (Å²) in [6.45, 7) is 4.25. The van der Waals surface area contributed by atoms with Crippen LogP contribution in [-0.2, 0) is 4.79 Å². The molecule has 0 bridgehead atoms. The van der Waals surface area contributed by atoms with Crippen LogP contribution >= 0.6 is 0 Å². The van der Waals surface area contributed by atoms with Gasteiger partial charge in [-0.2, -0.15) is 0 Å². The molecule has 3 heteroatoms. The lowest BCUT2D eigenvalue weighted by atomic mass is 10.1. The van der Waals surface area contributed by atoms with E-state index < -0.39 is 0 Å². The van der Waals surface area contributed by atoms with E-state index in [0.29, 0.717) is 6.42 Å². The van der Waals surface area contributed by atoms with Gasteiger partial charge in [0, 0.05) is 12.6 Å². The first kappa shape index (κ1) is 20.7. The van der Waals surface area contributed by atoms with E-state index in [9.17, 15) is 4.79 Å². The van der Waals surface area contributed by atoms with Gasteiger partial charge in [0.15, 0.2) is 0 Å². The first-order valence-electron chi connectivity index (χ1n) is 9.94. The summed E-state index contributed by atoms with van der Waals surface area (Å²) in [6, 6.07) is 5.79. The van der Waals surface area contributed by atoms with Crippen molar-refractivity contribution in [1.29, 1.82) is 0 Å². The summed E-state index contributed by atoms with van der Waals surface area (Å²) in [5.74, 6) is 0.143. The van der Waals surface area contributed by atoms with Crippen LogP contribution in [0.5, 0.6) is 0 Å². The summed E-state index contributed by atoms with van der Waals surface area (Å²) in [6.07, 6.45) is 16.8. The molecule has 1 atom stereocenters. The Kier molecular flexibility index (Phi) is 12.1. The van der Waals surface area contributed by atoms with Crippen molar-refractivity contribution < 1.29 is 4.79 Å². The molecule has 0 aliphatic carbocycles. The molecule has 1 unspecified atom stereocenters. The summed E-state index contributed by atoms with van der Waals surface area (Å²) in [4.78, 5) is 16.2. The van der Waals surface area contributed by atoms with Crippen molar-refractivity contribution in [3.8, 4) is 0 Å². The Morgan fingerprint density at radius 2 is 1.54 bits per heavy atom. The lowest BCUT2D eigenvalue weighted by molar-refractivity contribution is -0.121. The Balaban J connectivity index is 1.93. The molecule has 0 radical (unpaired) electrons. The maximum atomic E-state index is 11.9. The van der Waals surface area contributed by atoms with E-state index in [1.54, 1.807) is 6.20 Å². The largest absolute Gasteiger partial charge is 0.348 e. The number of nitrogens with one attached hydrogen (secondary N) is 1. The zero-order chi connectivity index (χ0) is 17.5. The van der Waals surface area contributed by atoms with Crippen molar-refractivity contribution in [2.75, 3.05) is 0 Å². The third-order valence-electron chi connectivity index (χ3n) is 4.52. The Bertz CT molecular complexity index is 419. The molecule has 0 aromatic carbocycles. The molecule has 1 heterocycles. The molecule has 0 saturated carbocycles. The van der Waals surface area contributed by atoms with Crippen molar-refractivity contribution in [2.45, 2.75) is 96.9 Å². The molecular weight excluding hydrogens is 296 g/mol. The second-order valence-corrected chi connectivity index (χ2v) is 6.83. The normalized spacial score (nSPS) is 12.1. The van der Waals surface area contributed by atoms with Crippen LogP contribution in [0.15, 0.2) is 24.4 Å². The molecule has 0 aliphatic heterocycles.